The van der Waals surface area contributed by atoms with E-state index < -0.39 is 41.2 Å². The molecule has 2 amide bonds. The summed E-state index contributed by atoms with van der Waals surface area (Å²) in [5.41, 5.74) is -0.910. The molecule has 4 rings (SSSR count). The molecule has 29 heavy (non-hydrogen) atoms. The van der Waals surface area contributed by atoms with Crippen LogP contribution in [0, 0.1) is 11.8 Å². The van der Waals surface area contributed by atoms with Gasteiger partial charge in [0.15, 0.2) is 0 Å². The first-order chi connectivity index (χ1) is 13.8. The highest BCUT2D eigenvalue weighted by atomic mass is 35.5. The number of halogens is 1. The molecule has 3 N–H and O–H groups in total. The molecule has 150 valence electrons. The molecule has 0 saturated carbocycles. The fourth-order valence-corrected chi connectivity index (χ4v) is 4.91. The molecular weight excluding hydrogens is 396 g/mol. The highest BCUT2D eigenvalue weighted by Crippen LogP contribution is 2.47. The molecule has 0 spiro atoms. The van der Waals surface area contributed by atoms with E-state index in [1.165, 1.54) is 17.4 Å². The molecule has 2 saturated heterocycles. The second kappa shape index (κ2) is 6.86. The SMILES string of the molecule is CC[C@]1(C(=O)[O-])[NH2+][C@@H](c2ccccc2O)[C@H]2C(=O)N(c3cccc(Cl)c3)C(=O)[C@@H]21. The van der Waals surface area contributed by atoms with Crippen LogP contribution in [-0.4, -0.2) is 28.4 Å². The third-order valence-electron chi connectivity index (χ3n) is 6.10. The number of carbonyl (C=O) groups excluding carboxylic acids is 3. The molecule has 0 aliphatic carbocycles. The number of imide groups is 1. The number of para-hydroxylation sites is 1. The van der Waals surface area contributed by atoms with Crippen molar-refractivity contribution in [1.29, 1.82) is 0 Å². The van der Waals surface area contributed by atoms with E-state index in [2.05, 4.69) is 0 Å². The van der Waals surface area contributed by atoms with E-state index in [1.54, 1.807) is 43.3 Å². The minimum atomic E-state index is -1.61. The van der Waals surface area contributed by atoms with Crippen molar-refractivity contribution in [3.63, 3.8) is 0 Å². The van der Waals surface area contributed by atoms with E-state index in [-0.39, 0.29) is 12.2 Å². The van der Waals surface area contributed by atoms with Crippen molar-refractivity contribution in [1.82, 2.24) is 0 Å². The first-order valence-electron chi connectivity index (χ1n) is 9.30. The Morgan fingerprint density at radius 2 is 1.93 bits per heavy atom. The molecule has 0 bridgehead atoms. The molecule has 2 aliphatic rings. The standard InChI is InChI=1S/C21H19ClN2O5/c1-2-21(20(28)29)16-15(17(23-21)13-8-3-4-9-14(13)25)18(26)24(19(16)27)12-7-5-6-11(22)10-12/h3-10,15-17,23,25H,2H2,1H3,(H,28,29)/t15-,16+,17-,21-/m0/s1. The monoisotopic (exact) mass is 414 g/mol. The van der Waals surface area contributed by atoms with Gasteiger partial charge in [0.1, 0.15) is 35.1 Å². The quantitative estimate of drug-likeness (QED) is 0.701. The van der Waals surface area contributed by atoms with Gasteiger partial charge >= 0.3 is 0 Å². The predicted molar refractivity (Wildman–Crippen MR) is 102 cm³/mol. The Morgan fingerprint density at radius 3 is 2.55 bits per heavy atom. The summed E-state index contributed by atoms with van der Waals surface area (Å²) >= 11 is 6.03. The van der Waals surface area contributed by atoms with Gasteiger partial charge in [0.2, 0.25) is 11.8 Å². The molecule has 0 aromatic heterocycles. The maximum Gasteiger partial charge on any atom is 0.244 e. The van der Waals surface area contributed by atoms with Crippen LogP contribution in [0.4, 0.5) is 5.69 Å². The van der Waals surface area contributed by atoms with Gasteiger partial charge in [-0.05, 0) is 30.3 Å². The topological polar surface area (TPSA) is 114 Å². The summed E-state index contributed by atoms with van der Waals surface area (Å²) in [7, 11) is 0. The maximum absolute atomic E-state index is 13.4. The van der Waals surface area contributed by atoms with Crippen LogP contribution in [-0.2, 0) is 14.4 Å². The fraction of sp³-hybridized carbons (Fsp3) is 0.286. The number of carboxylic acid groups (broad SMARTS) is 1. The Hall–Kier alpha value is -2.90. The maximum atomic E-state index is 13.4. The van der Waals surface area contributed by atoms with E-state index >= 15 is 0 Å². The zero-order valence-corrected chi connectivity index (χ0v) is 16.3. The lowest BCUT2D eigenvalue weighted by molar-refractivity contribution is -0.739. The summed E-state index contributed by atoms with van der Waals surface area (Å²) in [6.07, 6.45) is 0.0863. The summed E-state index contributed by atoms with van der Waals surface area (Å²) < 4.78 is 0. The van der Waals surface area contributed by atoms with Crippen molar-refractivity contribution in [3.05, 3.63) is 59.1 Å². The Morgan fingerprint density at radius 1 is 1.21 bits per heavy atom. The lowest BCUT2D eigenvalue weighted by Crippen LogP contribution is -2.99. The van der Waals surface area contributed by atoms with Crippen LogP contribution in [0.2, 0.25) is 5.02 Å². The molecular formula is C21H19ClN2O5. The number of nitrogens with two attached hydrogens (primary N) is 1. The lowest BCUT2D eigenvalue weighted by atomic mass is 9.78. The molecule has 0 unspecified atom stereocenters. The molecule has 2 heterocycles. The van der Waals surface area contributed by atoms with Gasteiger partial charge in [0.05, 0.1) is 11.3 Å². The van der Waals surface area contributed by atoms with Crippen LogP contribution in [0.15, 0.2) is 48.5 Å². The van der Waals surface area contributed by atoms with Gasteiger partial charge in [0.25, 0.3) is 0 Å². The van der Waals surface area contributed by atoms with E-state index in [0.717, 1.165) is 4.90 Å². The minimum absolute atomic E-state index is 0.0563. The van der Waals surface area contributed by atoms with Crippen molar-refractivity contribution in [2.75, 3.05) is 4.90 Å². The highest BCUT2D eigenvalue weighted by Gasteiger charge is 2.69. The Kier molecular flexibility index (Phi) is 4.59. The third-order valence-corrected chi connectivity index (χ3v) is 6.33. The summed E-state index contributed by atoms with van der Waals surface area (Å²) in [4.78, 5) is 39.9. The number of rotatable bonds is 4. The van der Waals surface area contributed by atoms with Crippen LogP contribution in [0.5, 0.6) is 5.75 Å². The molecule has 2 aliphatic heterocycles. The van der Waals surface area contributed by atoms with Gasteiger partial charge in [-0.15, -0.1) is 0 Å². The summed E-state index contributed by atoms with van der Waals surface area (Å²) in [6, 6.07) is 12.0. The number of phenolic OH excluding ortho intramolecular Hbond substituents is 1. The summed E-state index contributed by atoms with van der Waals surface area (Å²) in [6.45, 7) is 1.65. The first kappa shape index (κ1) is 19.4. The van der Waals surface area contributed by atoms with Crippen LogP contribution < -0.4 is 15.3 Å². The van der Waals surface area contributed by atoms with Crippen molar-refractivity contribution in [3.8, 4) is 5.75 Å². The van der Waals surface area contributed by atoms with E-state index in [1.807, 2.05) is 0 Å². The Labute approximate surface area is 171 Å². The zero-order chi connectivity index (χ0) is 20.9. The molecule has 0 radical (unpaired) electrons. The number of phenols is 1. The number of carbonyl (C=O) groups is 3. The Balaban J connectivity index is 1.88. The van der Waals surface area contributed by atoms with Crippen molar-refractivity contribution < 1.29 is 29.9 Å². The van der Waals surface area contributed by atoms with Crippen LogP contribution in [0.25, 0.3) is 0 Å². The fourth-order valence-electron chi connectivity index (χ4n) is 4.72. The minimum Gasteiger partial charge on any atom is -0.544 e. The average Bonchev–Trinajstić information content (AvgIpc) is 3.17. The van der Waals surface area contributed by atoms with E-state index in [9.17, 15) is 24.6 Å². The number of quaternary nitrogens is 1. The van der Waals surface area contributed by atoms with Crippen molar-refractivity contribution in [2.24, 2.45) is 11.8 Å². The van der Waals surface area contributed by atoms with E-state index in [4.69, 9.17) is 11.6 Å². The van der Waals surface area contributed by atoms with Gasteiger partial charge in [-0.25, -0.2) is 4.90 Å². The number of nitrogens with zero attached hydrogens (tertiary/aromatic N) is 1. The first-order valence-corrected chi connectivity index (χ1v) is 9.68. The number of carboxylic acids is 1. The number of fused-ring (bicyclic) bond motifs is 1. The number of hydrogen-bond donors (Lipinski definition) is 2. The zero-order valence-electron chi connectivity index (χ0n) is 15.5. The number of benzene rings is 2. The molecule has 2 fully saturated rings. The number of anilines is 1. The number of hydrogen-bond acceptors (Lipinski definition) is 5. The average molecular weight is 415 g/mol. The summed E-state index contributed by atoms with van der Waals surface area (Å²) in [5, 5.41) is 24.4. The van der Waals surface area contributed by atoms with Crippen LogP contribution in [0.1, 0.15) is 24.9 Å². The smallest absolute Gasteiger partial charge is 0.244 e. The molecule has 4 atom stereocenters. The van der Waals surface area contributed by atoms with Gasteiger partial charge in [-0.2, -0.15) is 0 Å². The second-order valence-electron chi connectivity index (χ2n) is 7.43. The Bertz CT molecular complexity index is 1030. The molecule has 8 heteroatoms. The van der Waals surface area contributed by atoms with Crippen LogP contribution >= 0.6 is 11.6 Å². The van der Waals surface area contributed by atoms with Crippen molar-refractivity contribution >= 4 is 35.1 Å². The number of aliphatic carboxylic acids is 1. The largest absolute Gasteiger partial charge is 0.544 e. The normalized spacial score (nSPS) is 28.6. The molecule has 7 nitrogen and oxygen atoms in total. The van der Waals surface area contributed by atoms with Gasteiger partial charge < -0.3 is 20.3 Å². The molecule has 2 aromatic rings. The van der Waals surface area contributed by atoms with Crippen molar-refractivity contribution in [2.45, 2.75) is 24.9 Å². The van der Waals surface area contributed by atoms with Gasteiger partial charge in [0, 0.05) is 11.4 Å². The number of aromatic hydroxyl groups is 1. The third kappa shape index (κ3) is 2.73. The highest BCUT2D eigenvalue weighted by molar-refractivity contribution is 6.31. The van der Waals surface area contributed by atoms with Gasteiger partial charge in [-0.3, -0.25) is 9.59 Å². The van der Waals surface area contributed by atoms with Crippen LogP contribution in [0.3, 0.4) is 0 Å². The van der Waals surface area contributed by atoms with E-state index in [0.29, 0.717) is 16.3 Å². The number of amides is 2. The lowest BCUT2D eigenvalue weighted by Gasteiger charge is -2.31. The second-order valence-corrected chi connectivity index (χ2v) is 7.86. The predicted octanol–water partition coefficient (Wildman–Crippen LogP) is 0.368. The summed E-state index contributed by atoms with van der Waals surface area (Å²) in [5.74, 6) is -4.63. The molecule has 2 aromatic carbocycles. The van der Waals surface area contributed by atoms with Gasteiger partial charge in [-0.1, -0.05) is 36.7 Å².